The molecule has 350 valence electrons. The van der Waals surface area contributed by atoms with Crippen LogP contribution in [0.3, 0.4) is 0 Å². The summed E-state index contributed by atoms with van der Waals surface area (Å²) >= 11 is 2.33. The fraction of sp³-hybridized carbons (Fsp3) is 0.240. The summed E-state index contributed by atoms with van der Waals surface area (Å²) in [6.45, 7) is 8.58. The molecule has 18 heteroatoms. The van der Waals surface area contributed by atoms with Crippen LogP contribution in [0.4, 0.5) is 9.93 Å². The Bertz CT molecular complexity index is 2600. The van der Waals surface area contributed by atoms with Gasteiger partial charge in [0.2, 0.25) is 6.41 Å². The van der Waals surface area contributed by atoms with Gasteiger partial charge in [-0.15, -0.1) is 23.1 Å². The van der Waals surface area contributed by atoms with E-state index in [4.69, 9.17) is 19.0 Å². The summed E-state index contributed by atoms with van der Waals surface area (Å²) in [6, 6.07) is 34.3. The van der Waals surface area contributed by atoms with Crippen LogP contribution in [-0.2, 0) is 43.0 Å². The predicted octanol–water partition coefficient (Wildman–Crippen LogP) is 7.22. The lowest BCUT2D eigenvalue weighted by Gasteiger charge is -2.49. The normalized spacial score (nSPS) is 16.2. The Kier molecular flexibility index (Phi) is 15.8. The molecule has 3 atom stereocenters. The van der Waals surface area contributed by atoms with Crippen LogP contribution in [0.15, 0.2) is 156 Å². The molecule has 5 aromatic rings. The zero-order valence-corrected chi connectivity index (χ0v) is 38.9. The van der Waals surface area contributed by atoms with Crippen LogP contribution in [0.5, 0.6) is 0 Å². The number of ether oxygens (including phenoxy) is 3. The molecule has 3 N–H and O–H groups in total. The van der Waals surface area contributed by atoms with E-state index >= 15 is 0 Å². The Morgan fingerprint density at radius 3 is 1.91 bits per heavy atom. The first-order chi connectivity index (χ1) is 32.8. The first kappa shape index (κ1) is 48.4. The molecule has 2 aliphatic rings. The molecule has 0 spiro atoms. The molecule has 7 rings (SSSR count). The first-order valence-corrected chi connectivity index (χ1v) is 23.4. The zero-order valence-electron chi connectivity index (χ0n) is 37.2. The number of rotatable bonds is 19. The van der Waals surface area contributed by atoms with Gasteiger partial charge in [0.1, 0.15) is 41.1 Å². The van der Waals surface area contributed by atoms with Crippen molar-refractivity contribution in [2.45, 2.75) is 62.5 Å². The van der Waals surface area contributed by atoms with E-state index in [2.05, 4.69) is 32.7 Å². The summed E-state index contributed by atoms with van der Waals surface area (Å²) in [7, 11) is 0. The maximum atomic E-state index is 14.1. The van der Waals surface area contributed by atoms with Gasteiger partial charge >= 0.3 is 18.0 Å². The highest BCUT2D eigenvalue weighted by Gasteiger charge is 2.55. The largest absolute Gasteiger partial charge is 0.451 e. The van der Waals surface area contributed by atoms with Crippen LogP contribution in [0.25, 0.3) is 0 Å². The van der Waals surface area contributed by atoms with E-state index in [-0.39, 0.29) is 41.0 Å². The van der Waals surface area contributed by atoms with Crippen LogP contribution in [-0.4, -0.2) is 87.3 Å². The van der Waals surface area contributed by atoms with E-state index in [0.29, 0.717) is 23.1 Å². The van der Waals surface area contributed by atoms with Crippen molar-refractivity contribution in [1.82, 2.24) is 20.5 Å². The minimum atomic E-state index is -1.30. The Hall–Kier alpha value is -7.57. The topological polar surface area (TPSA) is 204 Å². The van der Waals surface area contributed by atoms with Gasteiger partial charge in [-0.3, -0.25) is 19.3 Å². The minimum absolute atomic E-state index is 0.000786. The number of allylic oxidation sites excluding steroid dienone is 1. The minimum Gasteiger partial charge on any atom is -0.451 e. The number of benzene rings is 4. The molecule has 0 aliphatic carbocycles. The summed E-state index contributed by atoms with van der Waals surface area (Å²) in [6.07, 6.45) is -0.752. The van der Waals surface area contributed by atoms with Crippen molar-refractivity contribution in [3.05, 3.63) is 179 Å². The maximum absolute atomic E-state index is 14.1. The number of thioether (sulfide) groups is 1. The van der Waals surface area contributed by atoms with Gasteiger partial charge in [0.15, 0.2) is 23.1 Å². The Morgan fingerprint density at radius 2 is 1.40 bits per heavy atom. The van der Waals surface area contributed by atoms with Crippen molar-refractivity contribution in [2.75, 3.05) is 17.7 Å². The lowest BCUT2D eigenvalue weighted by molar-refractivity contribution is -0.154. The lowest BCUT2D eigenvalue weighted by atomic mass is 10.0. The number of carbonyl (C=O) groups is 6. The van der Waals surface area contributed by atoms with Gasteiger partial charge in [-0.2, -0.15) is 0 Å². The van der Waals surface area contributed by atoms with E-state index in [1.54, 1.807) is 20.8 Å². The number of thiazole rings is 1. The number of aromatic nitrogens is 1. The van der Waals surface area contributed by atoms with E-state index in [1.807, 2.05) is 121 Å². The van der Waals surface area contributed by atoms with Gasteiger partial charge in [0, 0.05) is 17.6 Å². The van der Waals surface area contributed by atoms with Crippen molar-refractivity contribution >= 4 is 70.2 Å². The second kappa shape index (κ2) is 22.3. The molecule has 1 fully saturated rings. The monoisotopic (exact) mass is 956 g/mol. The highest BCUT2D eigenvalue weighted by molar-refractivity contribution is 8.00. The summed E-state index contributed by atoms with van der Waals surface area (Å²) in [5.41, 5.74) is 2.10. The summed E-state index contributed by atoms with van der Waals surface area (Å²) in [5.74, 6) is -2.70. The van der Waals surface area contributed by atoms with Crippen molar-refractivity contribution < 1.29 is 47.8 Å². The second-order valence-corrected chi connectivity index (χ2v) is 18.2. The number of anilines is 1. The highest BCUT2D eigenvalue weighted by atomic mass is 32.2. The quantitative estimate of drug-likeness (QED) is 0.0143. The molecule has 2 unspecified atom stereocenters. The van der Waals surface area contributed by atoms with Crippen molar-refractivity contribution in [3.63, 3.8) is 0 Å². The maximum Gasteiger partial charge on any atom is 0.408 e. The zero-order chi connectivity index (χ0) is 48.2. The number of oxime groups is 1. The number of carbonyl (C=O) groups excluding carboxylic acids is 6. The average molecular weight is 957 g/mol. The number of esters is 2. The summed E-state index contributed by atoms with van der Waals surface area (Å²) < 4.78 is 17.7. The van der Waals surface area contributed by atoms with Crippen molar-refractivity contribution in [3.8, 4) is 0 Å². The number of hydrogen-bond acceptors (Lipinski definition) is 14. The van der Waals surface area contributed by atoms with Crippen LogP contribution < -0.4 is 16.0 Å². The predicted molar refractivity (Wildman–Crippen MR) is 256 cm³/mol. The molecule has 0 bridgehead atoms. The molecule has 3 heterocycles. The Balaban J connectivity index is 1.08. The third kappa shape index (κ3) is 11.9. The van der Waals surface area contributed by atoms with Gasteiger partial charge in [0.05, 0.1) is 0 Å². The van der Waals surface area contributed by atoms with E-state index < -0.39 is 65.1 Å². The van der Waals surface area contributed by atoms with Gasteiger partial charge in [-0.1, -0.05) is 139 Å². The number of nitrogens with zero attached hydrogens (tertiary/aromatic N) is 3. The molecular weight excluding hydrogens is 909 g/mol. The first-order valence-electron chi connectivity index (χ1n) is 21.4. The van der Waals surface area contributed by atoms with Crippen molar-refractivity contribution in [1.29, 1.82) is 0 Å². The molecule has 1 saturated heterocycles. The Labute approximate surface area is 400 Å². The second-order valence-electron chi connectivity index (χ2n) is 16.2. The molecule has 16 nitrogen and oxygen atoms in total. The molecular formula is C50H48N6O10S2. The molecule has 4 aromatic carbocycles. The number of amides is 4. The van der Waals surface area contributed by atoms with Gasteiger partial charge < -0.3 is 35.0 Å². The molecule has 2 aliphatic heterocycles. The van der Waals surface area contributed by atoms with Crippen LogP contribution >= 0.6 is 23.1 Å². The fourth-order valence-corrected chi connectivity index (χ4v) is 9.21. The van der Waals surface area contributed by atoms with Gasteiger partial charge in [0.25, 0.3) is 11.8 Å². The average Bonchev–Trinajstić information content (AvgIpc) is 3.81. The molecule has 0 radical (unpaired) electrons. The molecule has 4 amide bonds. The molecule has 1 aromatic heterocycles. The summed E-state index contributed by atoms with van der Waals surface area (Å²) in [5, 5.41) is 12.7. The van der Waals surface area contributed by atoms with E-state index in [9.17, 15) is 28.8 Å². The SMILES string of the molecule is C=CC1=C(C(=O)OC(c2ccccc2)c2ccccc2)N2C(=O)C(NC(=O)C(=NOCCC(NC(=O)OC(C)(C)C)C(=O)OC(c3ccccc3)c3ccccc3)c3csc(NC=O)n3)[C@H]2SC1. The van der Waals surface area contributed by atoms with Crippen molar-refractivity contribution in [2.24, 2.45) is 5.16 Å². The van der Waals surface area contributed by atoms with Crippen LogP contribution in [0.1, 0.15) is 67.3 Å². The summed E-state index contributed by atoms with van der Waals surface area (Å²) in [4.78, 5) is 91.7. The van der Waals surface area contributed by atoms with Crippen LogP contribution in [0.2, 0.25) is 0 Å². The van der Waals surface area contributed by atoms with Gasteiger partial charge in [-0.25, -0.2) is 19.4 Å². The third-order valence-corrected chi connectivity index (χ3v) is 12.4. The van der Waals surface area contributed by atoms with E-state index in [1.165, 1.54) is 28.1 Å². The number of alkyl carbamates (subject to hydrolysis) is 1. The number of β-lactam (4-membered cyclic amide) rings is 1. The molecule has 68 heavy (non-hydrogen) atoms. The number of hydrogen-bond donors (Lipinski definition) is 3. The highest BCUT2D eigenvalue weighted by Crippen LogP contribution is 2.42. The lowest BCUT2D eigenvalue weighted by Crippen LogP contribution is -2.71. The Morgan fingerprint density at radius 1 is 0.853 bits per heavy atom. The van der Waals surface area contributed by atoms with Gasteiger partial charge in [-0.05, 0) is 48.6 Å². The number of fused-ring (bicyclic) bond motifs is 1. The molecule has 0 saturated carbocycles. The number of nitrogens with one attached hydrogen (secondary N) is 3. The smallest absolute Gasteiger partial charge is 0.408 e. The standard InChI is InChI=1S/C50H48N6O10S2/c1-5-31-28-67-45-39(44(59)56(45)40(31)47(61)65-42(34-22-14-8-15-23-34)35-24-16-9-17-25-35)54-43(58)38(37-29-68-48(52-37)51-30-57)55-63-27-26-36(53-49(62)66-50(2,3)4)46(60)64-41(32-18-10-6-11-19-32)33-20-12-7-13-21-33/h5-25,29-30,36,39,41-42,45H,1,26-28H2,2-4H3,(H,53,62)(H,54,58)(H,51,52,57)/t36?,39?,45-/m1/s1. The van der Waals surface area contributed by atoms with Crippen LogP contribution in [0, 0.1) is 0 Å². The fourth-order valence-electron chi connectivity index (χ4n) is 7.21. The van der Waals surface area contributed by atoms with E-state index in [0.717, 1.165) is 22.5 Å². The third-order valence-electron chi connectivity index (χ3n) is 10.4.